The van der Waals surface area contributed by atoms with Gasteiger partial charge in [-0.3, -0.25) is 4.79 Å². The first-order valence-corrected chi connectivity index (χ1v) is 5.57. The van der Waals surface area contributed by atoms with E-state index >= 15 is 0 Å². The number of carbonyl (C=O) groups is 1. The average Bonchev–Trinajstić information content (AvgIpc) is 2.43. The lowest BCUT2D eigenvalue weighted by atomic mass is 10.1. The Morgan fingerprint density at radius 3 is 2.60 bits per heavy atom. The summed E-state index contributed by atoms with van der Waals surface area (Å²) < 4.78 is 26.2. The Morgan fingerprint density at radius 2 is 1.95 bits per heavy atom. The van der Waals surface area contributed by atoms with E-state index < -0.39 is 17.5 Å². The Bertz CT molecular complexity index is 723. The van der Waals surface area contributed by atoms with Gasteiger partial charge in [-0.15, -0.1) is 0 Å². The summed E-state index contributed by atoms with van der Waals surface area (Å²) in [7, 11) is 0. The predicted octanol–water partition coefficient (Wildman–Crippen LogP) is 2.67. The molecule has 20 heavy (non-hydrogen) atoms. The Hall–Kier alpha value is -2.94. The number of nitrogens with one attached hydrogen (secondary N) is 1. The quantitative estimate of drug-likeness (QED) is 0.825. The molecular formula is C14H9F2N3O. The van der Waals surface area contributed by atoms with Crippen LogP contribution in [0.4, 0.5) is 20.2 Å². The Morgan fingerprint density at radius 1 is 1.20 bits per heavy atom. The normalized spacial score (nSPS) is 9.85. The number of nitrogens with two attached hydrogens (primary N) is 1. The molecule has 3 N–H and O–H groups in total. The van der Waals surface area contributed by atoms with Crippen molar-refractivity contribution in [1.82, 2.24) is 0 Å². The second kappa shape index (κ2) is 5.36. The largest absolute Gasteiger partial charge is 0.396 e. The van der Waals surface area contributed by atoms with E-state index in [0.29, 0.717) is 0 Å². The van der Waals surface area contributed by atoms with E-state index in [1.54, 1.807) is 6.07 Å². The lowest BCUT2D eigenvalue weighted by molar-refractivity contribution is 0.102. The first-order valence-electron chi connectivity index (χ1n) is 5.57. The summed E-state index contributed by atoms with van der Waals surface area (Å²) in [6.45, 7) is 0. The number of benzene rings is 2. The molecule has 0 spiro atoms. The van der Waals surface area contributed by atoms with Crippen LogP contribution in [-0.2, 0) is 0 Å². The van der Waals surface area contributed by atoms with Crippen LogP contribution in [-0.4, -0.2) is 5.91 Å². The van der Waals surface area contributed by atoms with Crippen molar-refractivity contribution in [2.24, 2.45) is 0 Å². The van der Waals surface area contributed by atoms with Crippen molar-refractivity contribution in [2.45, 2.75) is 0 Å². The number of amides is 1. The van der Waals surface area contributed by atoms with Crippen molar-refractivity contribution in [3.8, 4) is 6.07 Å². The maximum absolute atomic E-state index is 13.3. The molecular weight excluding hydrogens is 264 g/mol. The zero-order valence-corrected chi connectivity index (χ0v) is 10.2. The molecule has 6 heteroatoms. The van der Waals surface area contributed by atoms with Crippen LogP contribution in [0.15, 0.2) is 36.4 Å². The van der Waals surface area contributed by atoms with E-state index in [1.165, 1.54) is 18.2 Å². The summed E-state index contributed by atoms with van der Waals surface area (Å²) in [4.78, 5) is 11.9. The van der Waals surface area contributed by atoms with Gasteiger partial charge < -0.3 is 11.1 Å². The minimum atomic E-state index is -0.711. The van der Waals surface area contributed by atoms with Crippen LogP contribution in [0.3, 0.4) is 0 Å². The number of halogens is 2. The average molecular weight is 273 g/mol. The third-order valence-corrected chi connectivity index (χ3v) is 2.61. The molecule has 0 aliphatic heterocycles. The Labute approximate surface area is 113 Å². The van der Waals surface area contributed by atoms with Crippen molar-refractivity contribution < 1.29 is 13.6 Å². The predicted molar refractivity (Wildman–Crippen MR) is 69.9 cm³/mol. The van der Waals surface area contributed by atoms with E-state index in [1.807, 2.05) is 0 Å². The number of nitriles is 1. The van der Waals surface area contributed by atoms with Crippen molar-refractivity contribution in [1.29, 1.82) is 5.26 Å². The molecule has 0 unspecified atom stereocenters. The molecule has 0 fully saturated rings. The zero-order valence-electron chi connectivity index (χ0n) is 10.2. The summed E-state index contributed by atoms with van der Waals surface area (Å²) in [5, 5.41) is 11.3. The molecule has 100 valence electrons. The molecule has 0 heterocycles. The van der Waals surface area contributed by atoms with Gasteiger partial charge in [-0.05, 0) is 36.4 Å². The molecule has 0 saturated carbocycles. The van der Waals surface area contributed by atoms with Gasteiger partial charge in [0.05, 0.1) is 16.9 Å². The van der Waals surface area contributed by atoms with E-state index in [9.17, 15) is 13.6 Å². The highest BCUT2D eigenvalue weighted by atomic mass is 19.1. The van der Waals surface area contributed by atoms with Crippen LogP contribution in [0.25, 0.3) is 0 Å². The second-order valence-corrected chi connectivity index (χ2v) is 3.99. The van der Waals surface area contributed by atoms with Crippen molar-refractivity contribution >= 4 is 17.3 Å². The van der Waals surface area contributed by atoms with E-state index in [4.69, 9.17) is 11.0 Å². The summed E-state index contributed by atoms with van der Waals surface area (Å²) in [6.07, 6.45) is 0. The van der Waals surface area contributed by atoms with E-state index in [2.05, 4.69) is 5.32 Å². The van der Waals surface area contributed by atoms with Gasteiger partial charge in [-0.25, -0.2) is 8.78 Å². The van der Waals surface area contributed by atoms with Gasteiger partial charge in [-0.2, -0.15) is 5.26 Å². The molecule has 0 atom stereocenters. The highest BCUT2D eigenvalue weighted by Crippen LogP contribution is 2.18. The maximum Gasteiger partial charge on any atom is 0.255 e. The molecule has 0 aromatic heterocycles. The number of nitrogen functional groups attached to an aromatic ring is 1. The molecule has 2 rings (SSSR count). The fraction of sp³-hybridized carbons (Fsp3) is 0. The van der Waals surface area contributed by atoms with Gasteiger partial charge in [0.1, 0.15) is 17.7 Å². The van der Waals surface area contributed by atoms with Crippen molar-refractivity contribution in [2.75, 3.05) is 11.1 Å². The number of nitrogens with zero attached hydrogens (tertiary/aromatic N) is 1. The fourth-order valence-corrected chi connectivity index (χ4v) is 1.58. The lowest BCUT2D eigenvalue weighted by Gasteiger charge is -2.07. The smallest absolute Gasteiger partial charge is 0.255 e. The van der Waals surface area contributed by atoms with Crippen LogP contribution >= 0.6 is 0 Å². The first kappa shape index (κ1) is 13.5. The number of hydrogen-bond acceptors (Lipinski definition) is 3. The van der Waals surface area contributed by atoms with E-state index in [-0.39, 0.29) is 22.5 Å². The first-order chi connectivity index (χ1) is 9.51. The van der Waals surface area contributed by atoms with Gasteiger partial charge >= 0.3 is 0 Å². The summed E-state index contributed by atoms with van der Waals surface area (Å²) in [5.41, 5.74) is 5.42. The van der Waals surface area contributed by atoms with Gasteiger partial charge in [0.2, 0.25) is 0 Å². The molecule has 2 aromatic carbocycles. The molecule has 0 aliphatic carbocycles. The minimum Gasteiger partial charge on any atom is -0.396 e. The topological polar surface area (TPSA) is 78.9 Å². The lowest BCUT2D eigenvalue weighted by Crippen LogP contribution is -2.13. The van der Waals surface area contributed by atoms with Gasteiger partial charge in [0.15, 0.2) is 0 Å². The summed E-state index contributed by atoms with van der Waals surface area (Å²) >= 11 is 0. The Balaban J connectivity index is 2.28. The van der Waals surface area contributed by atoms with Gasteiger partial charge in [0.25, 0.3) is 5.91 Å². The summed E-state index contributed by atoms with van der Waals surface area (Å²) in [6, 6.07) is 8.74. The molecule has 2 aromatic rings. The highest BCUT2D eigenvalue weighted by molar-refractivity contribution is 6.05. The van der Waals surface area contributed by atoms with Crippen LogP contribution in [0.1, 0.15) is 15.9 Å². The molecule has 0 saturated heterocycles. The van der Waals surface area contributed by atoms with Crippen molar-refractivity contribution in [3.63, 3.8) is 0 Å². The van der Waals surface area contributed by atoms with Crippen LogP contribution in [0, 0.1) is 23.0 Å². The molecule has 0 radical (unpaired) electrons. The van der Waals surface area contributed by atoms with Gasteiger partial charge in [-0.1, -0.05) is 0 Å². The molecule has 1 amide bonds. The molecule has 0 aliphatic rings. The fourth-order valence-electron chi connectivity index (χ4n) is 1.58. The highest BCUT2D eigenvalue weighted by Gasteiger charge is 2.11. The number of rotatable bonds is 2. The zero-order chi connectivity index (χ0) is 14.7. The number of carbonyl (C=O) groups excluding carboxylic acids is 1. The SMILES string of the molecule is N#Cc1cc(F)ccc1NC(=O)c1ccc(N)c(F)c1. The standard InChI is InChI=1S/C14H9F2N3O/c15-10-2-4-13(9(5-10)7-17)19-14(20)8-1-3-12(18)11(16)6-8/h1-6H,18H2,(H,19,20). The van der Waals surface area contributed by atoms with Crippen LogP contribution < -0.4 is 11.1 Å². The summed E-state index contributed by atoms with van der Waals surface area (Å²) in [5.74, 6) is -1.91. The van der Waals surface area contributed by atoms with E-state index in [0.717, 1.165) is 18.2 Å². The third-order valence-electron chi connectivity index (χ3n) is 2.61. The number of anilines is 2. The van der Waals surface area contributed by atoms with Gasteiger partial charge in [0, 0.05) is 5.56 Å². The van der Waals surface area contributed by atoms with Crippen LogP contribution in [0.2, 0.25) is 0 Å². The third kappa shape index (κ3) is 2.72. The minimum absolute atomic E-state index is 0.0192. The number of hydrogen-bond donors (Lipinski definition) is 2. The maximum atomic E-state index is 13.3. The van der Waals surface area contributed by atoms with Crippen LogP contribution in [0.5, 0.6) is 0 Å². The molecule has 0 bridgehead atoms. The Kier molecular flexibility index (Phi) is 3.62. The second-order valence-electron chi connectivity index (χ2n) is 3.99. The monoisotopic (exact) mass is 273 g/mol. The molecule has 4 nitrogen and oxygen atoms in total. The van der Waals surface area contributed by atoms with Crippen molar-refractivity contribution in [3.05, 3.63) is 59.2 Å².